The van der Waals surface area contributed by atoms with E-state index in [2.05, 4.69) is 14.7 Å². The van der Waals surface area contributed by atoms with Crippen molar-refractivity contribution in [2.75, 3.05) is 0 Å². The molecule has 9 heteroatoms. The zero-order valence-electron chi connectivity index (χ0n) is 15.9. The number of aromatic amines is 1. The predicted molar refractivity (Wildman–Crippen MR) is 109 cm³/mol. The molecule has 8 nitrogen and oxygen atoms in total. The lowest BCUT2D eigenvalue weighted by Gasteiger charge is -2.15. The van der Waals surface area contributed by atoms with Crippen molar-refractivity contribution in [3.63, 3.8) is 0 Å². The lowest BCUT2D eigenvalue weighted by atomic mass is 10.2. The number of nitrogens with one attached hydrogen (secondary N) is 2. The number of benzene rings is 2. The highest BCUT2D eigenvalue weighted by Gasteiger charge is 2.23. The van der Waals surface area contributed by atoms with Crippen molar-refractivity contribution in [2.45, 2.75) is 24.3 Å². The van der Waals surface area contributed by atoms with Crippen molar-refractivity contribution in [1.82, 2.24) is 19.3 Å². The molecule has 4 rings (SSSR count). The molecular weight excluding hydrogens is 392 g/mol. The van der Waals surface area contributed by atoms with Gasteiger partial charge in [-0.25, -0.2) is 22.9 Å². The van der Waals surface area contributed by atoms with Gasteiger partial charge in [0.05, 0.1) is 28.3 Å². The first-order chi connectivity index (χ1) is 13.9. The lowest BCUT2D eigenvalue weighted by molar-refractivity contribution is 0.526. The highest BCUT2D eigenvalue weighted by atomic mass is 32.2. The second-order valence-corrected chi connectivity index (χ2v) is 8.40. The van der Waals surface area contributed by atoms with Crippen molar-refractivity contribution in [3.8, 4) is 11.3 Å². The molecule has 0 saturated carbocycles. The van der Waals surface area contributed by atoms with Gasteiger partial charge in [0.2, 0.25) is 10.0 Å². The molecule has 0 fully saturated rings. The van der Waals surface area contributed by atoms with Crippen LogP contribution in [0.15, 0.2) is 68.8 Å². The average Bonchev–Trinajstić information content (AvgIpc) is 3.32. The second kappa shape index (κ2) is 7.34. The number of hydrogen-bond acceptors (Lipinski definition) is 5. The van der Waals surface area contributed by atoms with Crippen molar-refractivity contribution < 1.29 is 12.8 Å². The molecule has 4 aromatic rings. The summed E-state index contributed by atoms with van der Waals surface area (Å²) in [6.07, 6.45) is 2.19. The molecule has 2 heterocycles. The van der Waals surface area contributed by atoms with Crippen molar-refractivity contribution >= 4 is 21.1 Å². The zero-order chi connectivity index (χ0) is 20.6. The zero-order valence-corrected chi connectivity index (χ0v) is 16.7. The standard InChI is InChI=1S/C20H20N4O4S/c1-3-15(19-21-12-16(22-19)13-7-5-4-6-8-13)23-29(26,27)14-9-10-17-18(11-14)28-20(25)24(17)2/h4-12,15,23H,3H2,1-2H3,(H,21,22). The summed E-state index contributed by atoms with van der Waals surface area (Å²) < 4.78 is 34.9. The van der Waals surface area contributed by atoms with Gasteiger partial charge >= 0.3 is 5.76 Å². The first-order valence-corrected chi connectivity index (χ1v) is 10.6. The van der Waals surface area contributed by atoms with Crippen LogP contribution in [-0.2, 0) is 17.1 Å². The number of aryl methyl sites for hydroxylation is 1. The summed E-state index contributed by atoms with van der Waals surface area (Å²) in [5.41, 5.74) is 2.52. The monoisotopic (exact) mass is 412 g/mol. The maximum absolute atomic E-state index is 12.9. The van der Waals surface area contributed by atoms with E-state index in [1.165, 1.54) is 16.7 Å². The summed E-state index contributed by atoms with van der Waals surface area (Å²) in [5.74, 6) is -0.0137. The van der Waals surface area contributed by atoms with Crippen LogP contribution in [0.3, 0.4) is 0 Å². The number of fused-ring (bicyclic) bond motifs is 1. The van der Waals surface area contributed by atoms with E-state index in [1.807, 2.05) is 37.3 Å². The van der Waals surface area contributed by atoms with Crippen LogP contribution < -0.4 is 10.5 Å². The summed E-state index contributed by atoms with van der Waals surface area (Å²) in [6.45, 7) is 1.87. The van der Waals surface area contributed by atoms with Crippen LogP contribution in [0.25, 0.3) is 22.4 Å². The van der Waals surface area contributed by atoms with Crippen LogP contribution in [0.5, 0.6) is 0 Å². The molecule has 0 aliphatic rings. The summed E-state index contributed by atoms with van der Waals surface area (Å²) in [6, 6.07) is 13.5. The Balaban J connectivity index is 1.62. The number of nitrogens with zero attached hydrogens (tertiary/aromatic N) is 2. The Kier molecular flexibility index (Phi) is 4.85. The molecule has 29 heavy (non-hydrogen) atoms. The minimum absolute atomic E-state index is 0.0210. The van der Waals surface area contributed by atoms with Gasteiger partial charge in [0.25, 0.3) is 0 Å². The number of hydrogen-bond donors (Lipinski definition) is 2. The maximum atomic E-state index is 12.9. The van der Waals surface area contributed by atoms with Gasteiger partial charge < -0.3 is 9.40 Å². The number of aromatic nitrogens is 3. The second-order valence-electron chi connectivity index (χ2n) is 6.69. The number of H-pyrrole nitrogens is 1. The van der Waals surface area contributed by atoms with Gasteiger partial charge in [-0.05, 0) is 24.1 Å². The van der Waals surface area contributed by atoms with Crippen LogP contribution in [0.2, 0.25) is 0 Å². The number of rotatable bonds is 6. The Hall–Kier alpha value is -3.17. The Bertz CT molecular complexity index is 1320. The van der Waals surface area contributed by atoms with Crippen LogP contribution in [-0.4, -0.2) is 23.0 Å². The largest absolute Gasteiger partial charge is 0.419 e. The van der Waals surface area contributed by atoms with E-state index in [1.54, 1.807) is 19.3 Å². The van der Waals surface area contributed by atoms with Gasteiger partial charge in [-0.2, -0.15) is 0 Å². The molecule has 0 saturated heterocycles. The van der Waals surface area contributed by atoms with Crippen molar-refractivity contribution in [1.29, 1.82) is 0 Å². The molecule has 2 aromatic carbocycles. The normalized spacial score (nSPS) is 13.0. The van der Waals surface area contributed by atoms with Crippen LogP contribution in [0.4, 0.5) is 0 Å². The summed E-state index contributed by atoms with van der Waals surface area (Å²) >= 11 is 0. The van der Waals surface area contributed by atoms with E-state index in [-0.39, 0.29) is 10.5 Å². The van der Waals surface area contributed by atoms with E-state index in [0.717, 1.165) is 11.3 Å². The quantitative estimate of drug-likeness (QED) is 0.506. The third-order valence-electron chi connectivity index (χ3n) is 4.79. The first kappa shape index (κ1) is 19.2. The first-order valence-electron chi connectivity index (χ1n) is 9.11. The van der Waals surface area contributed by atoms with Crippen molar-refractivity contribution in [3.05, 3.63) is 71.1 Å². The molecule has 150 valence electrons. The van der Waals surface area contributed by atoms with Gasteiger partial charge in [0.1, 0.15) is 5.82 Å². The highest BCUT2D eigenvalue weighted by Crippen LogP contribution is 2.23. The topological polar surface area (TPSA) is 110 Å². The van der Waals surface area contributed by atoms with E-state index in [9.17, 15) is 13.2 Å². The number of sulfonamides is 1. The molecule has 0 aliphatic heterocycles. The number of oxazole rings is 1. The van der Waals surface area contributed by atoms with Crippen molar-refractivity contribution in [2.24, 2.45) is 7.05 Å². The van der Waals surface area contributed by atoms with Gasteiger partial charge in [0, 0.05) is 13.1 Å². The third-order valence-corrected chi connectivity index (χ3v) is 6.26. The molecule has 1 atom stereocenters. The Morgan fingerprint density at radius 2 is 1.97 bits per heavy atom. The van der Waals surface area contributed by atoms with Crippen LogP contribution in [0, 0.1) is 0 Å². The fraction of sp³-hybridized carbons (Fsp3) is 0.200. The fourth-order valence-corrected chi connectivity index (χ4v) is 4.45. The Labute approximate surface area is 167 Å². The fourth-order valence-electron chi connectivity index (χ4n) is 3.15. The molecule has 0 radical (unpaired) electrons. The average molecular weight is 412 g/mol. The summed E-state index contributed by atoms with van der Waals surface area (Å²) in [5, 5.41) is 0. The third kappa shape index (κ3) is 3.62. The Morgan fingerprint density at radius 3 is 2.69 bits per heavy atom. The van der Waals surface area contributed by atoms with E-state index in [0.29, 0.717) is 17.8 Å². The minimum atomic E-state index is -3.85. The molecule has 2 aromatic heterocycles. The highest BCUT2D eigenvalue weighted by molar-refractivity contribution is 7.89. The minimum Gasteiger partial charge on any atom is -0.408 e. The van der Waals surface area contributed by atoms with E-state index >= 15 is 0 Å². The maximum Gasteiger partial charge on any atom is 0.419 e. The molecule has 1 unspecified atom stereocenters. The molecular formula is C20H20N4O4S. The summed E-state index contributed by atoms with van der Waals surface area (Å²) in [7, 11) is -2.29. The summed E-state index contributed by atoms with van der Waals surface area (Å²) in [4.78, 5) is 19.2. The smallest absolute Gasteiger partial charge is 0.408 e. The lowest BCUT2D eigenvalue weighted by Crippen LogP contribution is -2.29. The SMILES string of the molecule is CCC(NS(=O)(=O)c1ccc2c(c1)oc(=O)n2C)c1ncc(-c2ccccc2)[nH]1. The molecule has 0 amide bonds. The molecule has 2 N–H and O–H groups in total. The van der Waals surface area contributed by atoms with Crippen LogP contribution in [0.1, 0.15) is 25.2 Å². The predicted octanol–water partition coefficient (Wildman–Crippen LogP) is 2.95. The van der Waals surface area contributed by atoms with Gasteiger partial charge in [-0.3, -0.25) is 4.57 Å². The molecule has 0 spiro atoms. The Morgan fingerprint density at radius 1 is 1.21 bits per heavy atom. The van der Waals surface area contributed by atoms with Gasteiger partial charge in [-0.15, -0.1) is 0 Å². The number of imidazole rings is 1. The van der Waals surface area contributed by atoms with Gasteiger partial charge in [0.15, 0.2) is 5.58 Å². The van der Waals surface area contributed by atoms with Crippen LogP contribution >= 0.6 is 0 Å². The van der Waals surface area contributed by atoms with Gasteiger partial charge in [-0.1, -0.05) is 37.3 Å². The van der Waals surface area contributed by atoms with E-state index < -0.39 is 21.8 Å². The van der Waals surface area contributed by atoms with E-state index in [4.69, 9.17) is 4.42 Å². The molecule has 0 aliphatic carbocycles. The molecule has 0 bridgehead atoms.